The highest BCUT2D eigenvalue weighted by Crippen LogP contribution is 2.25. The molecular weight excluding hydrogens is 286 g/mol. The van der Waals surface area contributed by atoms with Crippen LogP contribution >= 0.6 is 11.6 Å². The number of hydrogen-bond acceptors (Lipinski definition) is 4. The summed E-state index contributed by atoms with van der Waals surface area (Å²) in [5.41, 5.74) is 2.01. The van der Waals surface area contributed by atoms with Gasteiger partial charge in [-0.25, -0.2) is 9.97 Å². The van der Waals surface area contributed by atoms with Gasteiger partial charge in [-0.2, -0.15) is 5.10 Å². The van der Waals surface area contributed by atoms with E-state index >= 15 is 0 Å². The highest BCUT2D eigenvalue weighted by molar-refractivity contribution is 6.31. The van der Waals surface area contributed by atoms with Crippen molar-refractivity contribution in [3.63, 3.8) is 0 Å². The molecule has 0 amide bonds. The van der Waals surface area contributed by atoms with Gasteiger partial charge in [0.2, 0.25) is 0 Å². The Morgan fingerprint density at radius 3 is 2.52 bits per heavy atom. The Hall–Kier alpha value is -1.46. The van der Waals surface area contributed by atoms with Crippen LogP contribution in [0.15, 0.2) is 18.5 Å². The van der Waals surface area contributed by atoms with Gasteiger partial charge in [-0.15, -0.1) is 0 Å². The van der Waals surface area contributed by atoms with Gasteiger partial charge in [-0.05, 0) is 26.0 Å². The van der Waals surface area contributed by atoms with Crippen LogP contribution in [0.3, 0.4) is 0 Å². The number of halogens is 1. The van der Waals surface area contributed by atoms with Crippen LogP contribution < -0.4 is 5.32 Å². The maximum absolute atomic E-state index is 6.49. The van der Waals surface area contributed by atoms with Crippen molar-refractivity contribution in [2.75, 3.05) is 6.54 Å². The van der Waals surface area contributed by atoms with Crippen molar-refractivity contribution in [2.45, 2.75) is 46.2 Å². The fraction of sp³-hybridized carbons (Fsp3) is 0.533. The Labute approximate surface area is 130 Å². The Morgan fingerprint density at radius 2 is 1.95 bits per heavy atom. The second kappa shape index (κ2) is 7.52. The molecule has 0 radical (unpaired) electrons. The van der Waals surface area contributed by atoms with Crippen LogP contribution in [0.2, 0.25) is 5.02 Å². The topological polar surface area (TPSA) is 55.6 Å². The molecule has 0 saturated heterocycles. The normalized spacial score (nSPS) is 12.6. The fourth-order valence-electron chi connectivity index (χ4n) is 2.40. The molecule has 0 saturated carbocycles. The summed E-state index contributed by atoms with van der Waals surface area (Å²) in [7, 11) is 0. The number of aromatic nitrogens is 4. The van der Waals surface area contributed by atoms with E-state index in [9.17, 15) is 0 Å². The lowest BCUT2D eigenvalue weighted by molar-refractivity contribution is 0.495. The first-order chi connectivity index (χ1) is 10.2. The first-order valence-electron chi connectivity index (χ1n) is 7.45. The van der Waals surface area contributed by atoms with Crippen molar-refractivity contribution in [3.05, 3.63) is 40.7 Å². The quantitative estimate of drug-likeness (QED) is 0.854. The molecule has 0 fully saturated rings. The van der Waals surface area contributed by atoms with Crippen LogP contribution in [0, 0.1) is 0 Å². The third-order valence-electron chi connectivity index (χ3n) is 3.44. The largest absolute Gasteiger partial charge is 0.307 e. The Bertz CT molecular complexity index is 567. The average molecular weight is 308 g/mol. The molecule has 0 aromatic carbocycles. The number of aryl methyl sites for hydroxylation is 2. The second-order valence-electron chi connectivity index (χ2n) is 4.80. The molecule has 0 aliphatic carbocycles. The first kappa shape index (κ1) is 15.9. The number of likely N-dealkylation sites (N-methyl/N-ethyl adjacent to an activating group) is 1. The van der Waals surface area contributed by atoms with Crippen LogP contribution in [-0.4, -0.2) is 26.3 Å². The van der Waals surface area contributed by atoms with Crippen molar-refractivity contribution in [3.8, 4) is 0 Å². The van der Waals surface area contributed by atoms with Crippen molar-refractivity contribution in [1.82, 2.24) is 25.1 Å². The minimum atomic E-state index is 0.0420. The van der Waals surface area contributed by atoms with Gasteiger partial charge in [0.25, 0.3) is 0 Å². The molecule has 0 aliphatic heterocycles. The number of nitrogens with zero attached hydrogens (tertiary/aromatic N) is 4. The average Bonchev–Trinajstić information content (AvgIpc) is 2.83. The van der Waals surface area contributed by atoms with E-state index in [2.05, 4.69) is 41.2 Å². The summed E-state index contributed by atoms with van der Waals surface area (Å²) in [4.78, 5) is 8.72. The predicted molar refractivity (Wildman–Crippen MR) is 84.4 cm³/mol. The summed E-state index contributed by atoms with van der Waals surface area (Å²) in [5.74, 6) is 0.789. The molecule has 21 heavy (non-hydrogen) atoms. The van der Waals surface area contributed by atoms with E-state index in [0.29, 0.717) is 0 Å². The summed E-state index contributed by atoms with van der Waals surface area (Å²) in [5, 5.41) is 8.77. The Morgan fingerprint density at radius 1 is 1.24 bits per heavy atom. The summed E-state index contributed by atoms with van der Waals surface area (Å²) in [6, 6.07) is 1.87. The molecule has 2 rings (SSSR count). The highest BCUT2D eigenvalue weighted by Gasteiger charge is 2.21. The lowest BCUT2D eigenvalue weighted by atomic mass is 10.1. The molecule has 6 heteroatoms. The summed E-state index contributed by atoms with van der Waals surface area (Å²) in [6.07, 6.45) is 5.11. The van der Waals surface area contributed by atoms with Gasteiger partial charge in [0.15, 0.2) is 0 Å². The molecular formula is C15H22ClN5. The first-order valence-corrected chi connectivity index (χ1v) is 7.83. The fourth-order valence-corrected chi connectivity index (χ4v) is 2.74. The number of hydrogen-bond donors (Lipinski definition) is 1. The molecule has 114 valence electrons. The Kier molecular flexibility index (Phi) is 5.70. The molecule has 5 nitrogen and oxygen atoms in total. The van der Waals surface area contributed by atoms with E-state index in [0.717, 1.165) is 48.2 Å². The molecule has 2 aromatic rings. The van der Waals surface area contributed by atoms with Gasteiger partial charge < -0.3 is 5.32 Å². The monoisotopic (exact) mass is 307 g/mol. The molecule has 2 heterocycles. The van der Waals surface area contributed by atoms with E-state index in [1.165, 1.54) is 0 Å². The van der Waals surface area contributed by atoms with Crippen molar-refractivity contribution < 1.29 is 0 Å². The zero-order valence-electron chi connectivity index (χ0n) is 12.8. The molecule has 2 aromatic heterocycles. The highest BCUT2D eigenvalue weighted by atomic mass is 35.5. The number of nitrogens with one attached hydrogen (secondary N) is 1. The van der Waals surface area contributed by atoms with E-state index in [4.69, 9.17) is 11.6 Å². The standard InChI is InChI=1S/C15H22ClN5/c1-4-11-14(16)13(21(6-3)20-11)10-12(17-5-2)15-18-8-7-9-19-15/h7-9,12,17H,4-6,10H2,1-3H3. The molecule has 1 N–H and O–H groups in total. The van der Waals surface area contributed by atoms with Crippen LogP contribution in [-0.2, 0) is 19.4 Å². The van der Waals surface area contributed by atoms with E-state index in [1.54, 1.807) is 12.4 Å². The van der Waals surface area contributed by atoms with Gasteiger partial charge in [0.1, 0.15) is 5.82 Å². The maximum Gasteiger partial charge on any atom is 0.145 e. The van der Waals surface area contributed by atoms with Gasteiger partial charge in [-0.3, -0.25) is 4.68 Å². The van der Waals surface area contributed by atoms with E-state index < -0.39 is 0 Å². The molecule has 0 bridgehead atoms. The van der Waals surface area contributed by atoms with Gasteiger partial charge in [-0.1, -0.05) is 25.4 Å². The van der Waals surface area contributed by atoms with Gasteiger partial charge >= 0.3 is 0 Å². The third-order valence-corrected chi connectivity index (χ3v) is 3.88. The lowest BCUT2D eigenvalue weighted by Gasteiger charge is -2.17. The number of rotatable bonds is 7. The minimum absolute atomic E-state index is 0.0420. The van der Waals surface area contributed by atoms with Crippen LogP contribution in [0.25, 0.3) is 0 Å². The van der Waals surface area contributed by atoms with Gasteiger partial charge in [0, 0.05) is 25.4 Å². The van der Waals surface area contributed by atoms with Crippen LogP contribution in [0.4, 0.5) is 0 Å². The van der Waals surface area contributed by atoms with Crippen LogP contribution in [0.5, 0.6) is 0 Å². The molecule has 1 atom stereocenters. The summed E-state index contributed by atoms with van der Waals surface area (Å²) in [6.45, 7) is 7.88. The molecule has 0 aliphatic rings. The Balaban J connectivity index is 2.31. The van der Waals surface area contributed by atoms with Crippen molar-refractivity contribution in [2.24, 2.45) is 0 Å². The minimum Gasteiger partial charge on any atom is -0.307 e. The zero-order chi connectivity index (χ0) is 15.2. The second-order valence-corrected chi connectivity index (χ2v) is 5.18. The summed E-state index contributed by atoms with van der Waals surface area (Å²) < 4.78 is 1.98. The summed E-state index contributed by atoms with van der Waals surface area (Å²) >= 11 is 6.49. The van der Waals surface area contributed by atoms with Crippen LogP contribution in [0.1, 0.15) is 44.0 Å². The predicted octanol–water partition coefficient (Wildman–Crippen LogP) is 2.80. The van der Waals surface area contributed by atoms with Gasteiger partial charge in [0.05, 0.1) is 22.5 Å². The maximum atomic E-state index is 6.49. The SMILES string of the molecule is CCNC(Cc1c(Cl)c(CC)nn1CC)c1ncccn1. The third kappa shape index (κ3) is 3.60. The van der Waals surface area contributed by atoms with E-state index in [1.807, 2.05) is 10.7 Å². The zero-order valence-corrected chi connectivity index (χ0v) is 13.6. The van der Waals surface area contributed by atoms with Crippen molar-refractivity contribution >= 4 is 11.6 Å². The van der Waals surface area contributed by atoms with Crippen molar-refractivity contribution in [1.29, 1.82) is 0 Å². The molecule has 1 unspecified atom stereocenters. The lowest BCUT2D eigenvalue weighted by Crippen LogP contribution is -2.26. The smallest absolute Gasteiger partial charge is 0.145 e. The molecule has 0 spiro atoms. The van der Waals surface area contributed by atoms with E-state index in [-0.39, 0.29) is 6.04 Å².